The van der Waals surface area contributed by atoms with Gasteiger partial charge in [0.25, 0.3) is 0 Å². The number of rotatable bonds is 8. The Hall–Kier alpha value is -0.840. The second-order valence-electron chi connectivity index (χ2n) is 5.08. The number of ether oxygens (including phenoxy) is 1. The van der Waals surface area contributed by atoms with Crippen LogP contribution in [0.15, 0.2) is 16.5 Å². The molecule has 4 nitrogen and oxygen atoms in total. The number of hydrogen-bond donors (Lipinski definition) is 1. The fourth-order valence-corrected chi connectivity index (χ4v) is 2.13. The fourth-order valence-electron chi connectivity index (χ4n) is 2.13. The van der Waals surface area contributed by atoms with Crippen molar-refractivity contribution in [2.75, 3.05) is 33.4 Å². The van der Waals surface area contributed by atoms with Crippen molar-refractivity contribution in [1.82, 2.24) is 4.90 Å². The molecule has 1 aromatic heterocycles. The Labute approximate surface area is 110 Å². The zero-order valence-electron chi connectivity index (χ0n) is 12.0. The lowest BCUT2D eigenvalue weighted by molar-refractivity contribution is 0.103. The van der Waals surface area contributed by atoms with Gasteiger partial charge >= 0.3 is 0 Å². The van der Waals surface area contributed by atoms with Crippen LogP contribution in [0.25, 0.3) is 0 Å². The lowest BCUT2D eigenvalue weighted by atomic mass is 10.1. The maximum absolute atomic E-state index is 5.92. The van der Waals surface area contributed by atoms with E-state index in [1.165, 1.54) is 0 Å². The summed E-state index contributed by atoms with van der Waals surface area (Å²) in [5.41, 5.74) is 5.92. The fraction of sp³-hybridized carbons (Fsp3) is 0.714. The van der Waals surface area contributed by atoms with E-state index in [1.54, 1.807) is 7.11 Å². The van der Waals surface area contributed by atoms with Crippen LogP contribution in [0.4, 0.5) is 0 Å². The minimum atomic E-state index is 0.135. The molecule has 1 atom stereocenters. The average Bonchev–Trinajstić information content (AvgIpc) is 2.72. The summed E-state index contributed by atoms with van der Waals surface area (Å²) < 4.78 is 10.9. The second-order valence-corrected chi connectivity index (χ2v) is 5.08. The van der Waals surface area contributed by atoms with Gasteiger partial charge in [-0.1, -0.05) is 13.8 Å². The van der Waals surface area contributed by atoms with E-state index in [2.05, 4.69) is 18.7 Å². The SMILES string of the molecule is COCCN(CC(C)C)C(CN)c1ccc(C)o1. The first-order valence-electron chi connectivity index (χ1n) is 6.57. The van der Waals surface area contributed by atoms with Gasteiger partial charge in [-0.3, -0.25) is 4.90 Å². The number of aryl methyl sites for hydroxylation is 1. The van der Waals surface area contributed by atoms with Crippen molar-refractivity contribution in [3.63, 3.8) is 0 Å². The smallest absolute Gasteiger partial charge is 0.122 e. The van der Waals surface area contributed by atoms with Crippen molar-refractivity contribution >= 4 is 0 Å². The highest BCUT2D eigenvalue weighted by Crippen LogP contribution is 2.22. The van der Waals surface area contributed by atoms with E-state index in [1.807, 2.05) is 19.1 Å². The first-order valence-corrected chi connectivity index (χ1v) is 6.57. The summed E-state index contributed by atoms with van der Waals surface area (Å²) >= 11 is 0. The maximum atomic E-state index is 5.92. The zero-order chi connectivity index (χ0) is 13.5. The number of methoxy groups -OCH3 is 1. The molecule has 0 aliphatic carbocycles. The molecule has 1 rings (SSSR count). The van der Waals surface area contributed by atoms with Gasteiger partial charge < -0.3 is 14.9 Å². The monoisotopic (exact) mass is 254 g/mol. The van der Waals surface area contributed by atoms with Gasteiger partial charge in [-0.15, -0.1) is 0 Å². The van der Waals surface area contributed by atoms with E-state index >= 15 is 0 Å². The molecule has 0 fully saturated rings. The van der Waals surface area contributed by atoms with Gasteiger partial charge in [-0.05, 0) is 25.0 Å². The summed E-state index contributed by atoms with van der Waals surface area (Å²) in [7, 11) is 1.72. The van der Waals surface area contributed by atoms with E-state index in [0.717, 1.165) is 24.6 Å². The van der Waals surface area contributed by atoms with Crippen LogP contribution in [0.2, 0.25) is 0 Å². The van der Waals surface area contributed by atoms with Gasteiger partial charge in [-0.2, -0.15) is 0 Å². The molecule has 4 heteroatoms. The standard InChI is InChI=1S/C14H26N2O2/c1-11(2)10-16(7-8-17-4)13(9-15)14-6-5-12(3)18-14/h5-6,11,13H,7-10,15H2,1-4H3. The summed E-state index contributed by atoms with van der Waals surface area (Å²) in [6.07, 6.45) is 0. The number of furan rings is 1. The van der Waals surface area contributed by atoms with Crippen LogP contribution in [-0.4, -0.2) is 38.3 Å². The van der Waals surface area contributed by atoms with E-state index in [0.29, 0.717) is 19.1 Å². The van der Waals surface area contributed by atoms with Gasteiger partial charge in [0.15, 0.2) is 0 Å². The summed E-state index contributed by atoms with van der Waals surface area (Å²) in [4.78, 5) is 2.34. The molecule has 0 amide bonds. The maximum Gasteiger partial charge on any atom is 0.122 e. The van der Waals surface area contributed by atoms with Crippen molar-refractivity contribution in [3.05, 3.63) is 23.7 Å². The molecule has 0 saturated heterocycles. The van der Waals surface area contributed by atoms with Crippen LogP contribution < -0.4 is 5.73 Å². The third kappa shape index (κ3) is 4.44. The zero-order valence-corrected chi connectivity index (χ0v) is 12.0. The van der Waals surface area contributed by atoms with Crippen molar-refractivity contribution in [3.8, 4) is 0 Å². The largest absolute Gasteiger partial charge is 0.465 e. The molecule has 0 aliphatic heterocycles. The van der Waals surface area contributed by atoms with Crippen LogP contribution in [0.3, 0.4) is 0 Å². The minimum absolute atomic E-state index is 0.135. The second kappa shape index (κ2) is 7.56. The average molecular weight is 254 g/mol. The molecular weight excluding hydrogens is 228 g/mol. The van der Waals surface area contributed by atoms with Crippen LogP contribution in [0.1, 0.15) is 31.4 Å². The Morgan fingerprint density at radius 3 is 2.56 bits per heavy atom. The Balaban J connectivity index is 2.78. The lowest BCUT2D eigenvalue weighted by Gasteiger charge is -2.30. The van der Waals surface area contributed by atoms with Gasteiger partial charge in [0.05, 0.1) is 12.6 Å². The molecule has 1 unspecified atom stereocenters. The van der Waals surface area contributed by atoms with Crippen molar-refractivity contribution in [2.24, 2.45) is 11.7 Å². The number of hydrogen-bond acceptors (Lipinski definition) is 4. The Morgan fingerprint density at radius 1 is 1.39 bits per heavy atom. The Morgan fingerprint density at radius 2 is 2.11 bits per heavy atom. The van der Waals surface area contributed by atoms with Crippen LogP contribution in [0.5, 0.6) is 0 Å². The third-order valence-corrected chi connectivity index (χ3v) is 2.94. The van der Waals surface area contributed by atoms with Crippen molar-refractivity contribution < 1.29 is 9.15 Å². The molecular formula is C14H26N2O2. The highest BCUT2D eigenvalue weighted by Gasteiger charge is 2.22. The van der Waals surface area contributed by atoms with E-state index in [9.17, 15) is 0 Å². The molecule has 0 radical (unpaired) electrons. The predicted molar refractivity (Wildman–Crippen MR) is 73.5 cm³/mol. The molecule has 18 heavy (non-hydrogen) atoms. The molecule has 0 saturated carbocycles. The van der Waals surface area contributed by atoms with E-state index in [4.69, 9.17) is 14.9 Å². The summed E-state index contributed by atoms with van der Waals surface area (Å²) in [5, 5.41) is 0. The van der Waals surface area contributed by atoms with E-state index in [-0.39, 0.29) is 6.04 Å². The first kappa shape index (κ1) is 15.2. The van der Waals surface area contributed by atoms with Gasteiger partial charge in [-0.25, -0.2) is 0 Å². The summed E-state index contributed by atoms with van der Waals surface area (Å²) in [6.45, 7) is 9.51. The Bertz CT molecular complexity index is 336. The molecule has 104 valence electrons. The van der Waals surface area contributed by atoms with Crippen LogP contribution >= 0.6 is 0 Å². The van der Waals surface area contributed by atoms with Crippen molar-refractivity contribution in [2.45, 2.75) is 26.8 Å². The minimum Gasteiger partial charge on any atom is -0.465 e. The molecule has 0 aliphatic rings. The van der Waals surface area contributed by atoms with Gasteiger partial charge in [0.1, 0.15) is 11.5 Å². The molecule has 0 spiro atoms. The molecule has 1 aromatic rings. The predicted octanol–water partition coefficient (Wildman–Crippen LogP) is 2.19. The van der Waals surface area contributed by atoms with Gasteiger partial charge in [0.2, 0.25) is 0 Å². The number of nitrogens with zero attached hydrogens (tertiary/aromatic N) is 1. The molecule has 1 heterocycles. The van der Waals surface area contributed by atoms with Crippen molar-refractivity contribution in [1.29, 1.82) is 0 Å². The van der Waals surface area contributed by atoms with Crippen LogP contribution in [-0.2, 0) is 4.74 Å². The summed E-state index contributed by atoms with van der Waals surface area (Å²) in [6, 6.07) is 4.14. The molecule has 2 N–H and O–H groups in total. The van der Waals surface area contributed by atoms with Crippen LogP contribution in [0, 0.1) is 12.8 Å². The van der Waals surface area contributed by atoms with Gasteiger partial charge in [0, 0.05) is 26.7 Å². The normalized spacial score (nSPS) is 13.5. The highest BCUT2D eigenvalue weighted by molar-refractivity contribution is 5.10. The first-order chi connectivity index (χ1) is 8.58. The summed E-state index contributed by atoms with van der Waals surface area (Å²) in [5.74, 6) is 2.47. The van der Waals surface area contributed by atoms with E-state index < -0.39 is 0 Å². The molecule has 0 aromatic carbocycles. The molecule has 0 bridgehead atoms. The quantitative estimate of drug-likeness (QED) is 0.772. The lowest BCUT2D eigenvalue weighted by Crippen LogP contribution is -2.38. The Kier molecular flexibility index (Phi) is 6.39. The highest BCUT2D eigenvalue weighted by atomic mass is 16.5. The topological polar surface area (TPSA) is 51.6 Å². The third-order valence-electron chi connectivity index (χ3n) is 2.94. The number of nitrogens with two attached hydrogens (primary N) is 1.